The van der Waals surface area contributed by atoms with Crippen molar-refractivity contribution in [1.82, 2.24) is 15.2 Å². The number of likely N-dealkylation sites (tertiary alicyclic amines) is 1. The van der Waals surface area contributed by atoms with E-state index in [9.17, 15) is 18.3 Å². The Morgan fingerprint density at radius 2 is 1.91 bits per heavy atom. The van der Waals surface area contributed by atoms with E-state index < -0.39 is 18.7 Å². The molecular formula is C24H29ClF3N3O2. The molecule has 0 unspecified atom stereocenters. The summed E-state index contributed by atoms with van der Waals surface area (Å²) >= 11 is 6.41. The van der Waals surface area contributed by atoms with Gasteiger partial charge in [0.1, 0.15) is 18.5 Å². The van der Waals surface area contributed by atoms with Crippen molar-refractivity contribution < 1.29 is 23.0 Å². The first-order valence-corrected chi connectivity index (χ1v) is 11.7. The van der Waals surface area contributed by atoms with E-state index in [0.29, 0.717) is 36.3 Å². The zero-order chi connectivity index (χ0) is 23.4. The van der Waals surface area contributed by atoms with E-state index >= 15 is 0 Å². The van der Waals surface area contributed by atoms with Gasteiger partial charge in [-0.1, -0.05) is 29.8 Å². The lowest BCUT2D eigenvalue weighted by Crippen LogP contribution is -2.40. The van der Waals surface area contributed by atoms with Crippen LogP contribution in [0.25, 0.3) is 21.8 Å². The highest BCUT2D eigenvalue weighted by molar-refractivity contribution is 6.34. The van der Waals surface area contributed by atoms with E-state index in [2.05, 4.69) is 10.3 Å². The fraction of sp³-hybridized carbons (Fsp3) is 0.500. The first-order valence-electron chi connectivity index (χ1n) is 11.3. The predicted octanol–water partition coefficient (Wildman–Crippen LogP) is 4.97. The van der Waals surface area contributed by atoms with Gasteiger partial charge in [0.15, 0.2) is 0 Å². The maximum absolute atomic E-state index is 12.4. The third-order valence-electron chi connectivity index (χ3n) is 6.23. The molecule has 4 rings (SSSR count). The van der Waals surface area contributed by atoms with Gasteiger partial charge in [-0.05, 0) is 56.6 Å². The first-order chi connectivity index (χ1) is 15.8. The fourth-order valence-electron chi connectivity index (χ4n) is 4.42. The Hall–Kier alpha value is -2.00. The molecule has 180 valence electrons. The van der Waals surface area contributed by atoms with Gasteiger partial charge in [0.25, 0.3) is 0 Å². The minimum absolute atomic E-state index is 0.0748. The number of benzene rings is 2. The van der Waals surface area contributed by atoms with Crippen LogP contribution in [0.1, 0.15) is 19.3 Å². The molecular weight excluding hydrogens is 455 g/mol. The maximum atomic E-state index is 12.4. The minimum Gasteiger partial charge on any atom is -0.489 e. The number of hydrogen-bond acceptors (Lipinski definition) is 4. The number of aliphatic hydroxyl groups is 1. The Morgan fingerprint density at radius 1 is 1.15 bits per heavy atom. The predicted molar refractivity (Wildman–Crippen MR) is 125 cm³/mol. The second-order valence-electron chi connectivity index (χ2n) is 8.74. The van der Waals surface area contributed by atoms with Crippen molar-refractivity contribution in [1.29, 1.82) is 0 Å². The summed E-state index contributed by atoms with van der Waals surface area (Å²) in [6.07, 6.45) is -3.85. The van der Waals surface area contributed by atoms with E-state index in [1.165, 1.54) is 0 Å². The average molecular weight is 484 g/mol. The summed E-state index contributed by atoms with van der Waals surface area (Å²) < 4.78 is 43.1. The van der Waals surface area contributed by atoms with Crippen LogP contribution < -0.4 is 10.1 Å². The van der Waals surface area contributed by atoms with Gasteiger partial charge in [-0.25, -0.2) is 0 Å². The first kappa shape index (κ1) is 24.1. The number of ether oxygens (including phenoxy) is 1. The highest BCUT2D eigenvalue weighted by Gasteiger charge is 2.29. The number of H-pyrrole nitrogens is 1. The van der Waals surface area contributed by atoms with Crippen molar-refractivity contribution in [2.75, 3.05) is 39.3 Å². The molecule has 1 aliphatic rings. The Labute approximate surface area is 195 Å². The maximum Gasteiger partial charge on any atom is 0.390 e. The van der Waals surface area contributed by atoms with E-state index in [1.807, 2.05) is 35.2 Å². The lowest BCUT2D eigenvalue weighted by molar-refractivity contribution is -0.138. The average Bonchev–Trinajstić information content (AvgIpc) is 3.16. The van der Waals surface area contributed by atoms with Crippen molar-refractivity contribution >= 4 is 33.4 Å². The summed E-state index contributed by atoms with van der Waals surface area (Å²) in [5.41, 5.74) is 1.91. The second-order valence-corrected chi connectivity index (χ2v) is 9.15. The largest absolute Gasteiger partial charge is 0.489 e. The molecule has 5 nitrogen and oxygen atoms in total. The van der Waals surface area contributed by atoms with Crippen LogP contribution in [0, 0.1) is 5.92 Å². The molecule has 33 heavy (non-hydrogen) atoms. The molecule has 1 aromatic heterocycles. The molecule has 0 spiro atoms. The van der Waals surface area contributed by atoms with E-state index in [-0.39, 0.29) is 13.2 Å². The molecule has 9 heteroatoms. The van der Waals surface area contributed by atoms with Crippen LogP contribution in [0.5, 0.6) is 5.75 Å². The molecule has 0 amide bonds. The Morgan fingerprint density at radius 3 is 2.67 bits per heavy atom. The third kappa shape index (κ3) is 6.32. The molecule has 1 saturated heterocycles. The third-order valence-corrected chi connectivity index (χ3v) is 6.52. The fourth-order valence-corrected chi connectivity index (χ4v) is 4.63. The summed E-state index contributed by atoms with van der Waals surface area (Å²) in [4.78, 5) is 5.23. The van der Waals surface area contributed by atoms with Crippen LogP contribution in [0.2, 0.25) is 5.02 Å². The van der Waals surface area contributed by atoms with Crippen LogP contribution in [-0.2, 0) is 0 Å². The van der Waals surface area contributed by atoms with Gasteiger partial charge in [0, 0.05) is 24.0 Å². The topological polar surface area (TPSA) is 60.5 Å². The summed E-state index contributed by atoms with van der Waals surface area (Å²) in [5.74, 6) is 0.951. The monoisotopic (exact) mass is 483 g/mol. The Balaban J connectivity index is 1.23. The smallest absolute Gasteiger partial charge is 0.390 e. The molecule has 2 aromatic carbocycles. The van der Waals surface area contributed by atoms with Crippen LogP contribution in [-0.4, -0.2) is 66.6 Å². The summed E-state index contributed by atoms with van der Waals surface area (Å²) in [6, 6.07) is 11.6. The van der Waals surface area contributed by atoms with Crippen LogP contribution in [0.15, 0.2) is 36.4 Å². The molecule has 0 radical (unpaired) electrons. The van der Waals surface area contributed by atoms with E-state index in [0.717, 1.165) is 41.2 Å². The van der Waals surface area contributed by atoms with Gasteiger partial charge in [0.2, 0.25) is 0 Å². The van der Waals surface area contributed by atoms with Crippen molar-refractivity contribution in [3.8, 4) is 5.75 Å². The number of piperidine rings is 1. The highest BCUT2D eigenvalue weighted by atomic mass is 35.5. The van der Waals surface area contributed by atoms with Gasteiger partial charge in [-0.2, -0.15) is 13.2 Å². The van der Waals surface area contributed by atoms with Crippen molar-refractivity contribution in [3.05, 3.63) is 41.4 Å². The number of aromatic nitrogens is 1. The Bertz CT molecular complexity index is 1060. The molecule has 1 aliphatic heterocycles. The zero-order valence-corrected chi connectivity index (χ0v) is 19.1. The molecule has 2 heterocycles. The number of para-hydroxylation sites is 1. The van der Waals surface area contributed by atoms with Gasteiger partial charge < -0.3 is 25.0 Å². The highest BCUT2D eigenvalue weighted by Crippen LogP contribution is 2.38. The number of aromatic amines is 1. The summed E-state index contributed by atoms with van der Waals surface area (Å²) in [7, 11) is 0. The minimum atomic E-state index is -4.10. The zero-order valence-electron chi connectivity index (χ0n) is 18.3. The van der Waals surface area contributed by atoms with E-state index in [1.54, 1.807) is 6.07 Å². The molecule has 0 aliphatic carbocycles. The van der Waals surface area contributed by atoms with Crippen molar-refractivity contribution in [2.24, 2.45) is 5.92 Å². The summed E-state index contributed by atoms with van der Waals surface area (Å²) in [5, 5.41) is 16.1. The second kappa shape index (κ2) is 10.5. The number of fused-ring (bicyclic) bond motifs is 3. The lowest BCUT2D eigenvalue weighted by Gasteiger charge is -2.32. The standard InChI is InChI=1S/C24H29ClF3N3O2/c25-19-5-6-21-22(18-3-1-2-4-20(18)30-21)23(19)33-15-17(32)14-29-13-16-7-10-31(11-8-16)12-9-24(26,27)28/h1-6,16-17,29-30,32H,7-15H2/t17-/m0/s1. The Kier molecular flexibility index (Phi) is 7.69. The lowest BCUT2D eigenvalue weighted by atomic mass is 9.96. The molecule has 0 bridgehead atoms. The van der Waals surface area contributed by atoms with Crippen molar-refractivity contribution in [2.45, 2.75) is 31.5 Å². The number of hydrogen-bond donors (Lipinski definition) is 3. The van der Waals surface area contributed by atoms with Crippen LogP contribution >= 0.6 is 11.6 Å². The van der Waals surface area contributed by atoms with Crippen LogP contribution in [0.3, 0.4) is 0 Å². The molecule has 3 aromatic rings. The van der Waals surface area contributed by atoms with Crippen LogP contribution in [0.4, 0.5) is 13.2 Å². The number of nitrogens with zero attached hydrogens (tertiary/aromatic N) is 1. The SMILES string of the molecule is O[C@@H](CNCC1CCN(CCC(F)(F)F)CC1)COc1c(Cl)ccc2[nH]c3ccccc3c12. The number of nitrogens with one attached hydrogen (secondary N) is 2. The van der Waals surface area contributed by atoms with Crippen molar-refractivity contribution in [3.63, 3.8) is 0 Å². The quantitative estimate of drug-likeness (QED) is 0.402. The van der Waals surface area contributed by atoms with Gasteiger partial charge in [-0.3, -0.25) is 0 Å². The summed E-state index contributed by atoms with van der Waals surface area (Å²) in [6.45, 7) is 2.63. The number of aliphatic hydroxyl groups excluding tert-OH is 1. The molecule has 3 N–H and O–H groups in total. The number of rotatable bonds is 9. The van der Waals surface area contributed by atoms with E-state index in [4.69, 9.17) is 16.3 Å². The molecule has 1 atom stereocenters. The van der Waals surface area contributed by atoms with Gasteiger partial charge in [-0.15, -0.1) is 0 Å². The van der Waals surface area contributed by atoms with Gasteiger partial charge >= 0.3 is 6.18 Å². The number of halogens is 4. The molecule has 1 fully saturated rings. The molecule has 0 saturated carbocycles. The van der Waals surface area contributed by atoms with Gasteiger partial charge in [0.05, 0.1) is 22.3 Å². The normalized spacial score (nSPS) is 17.1. The number of alkyl halides is 3.